The summed E-state index contributed by atoms with van der Waals surface area (Å²) in [5, 5.41) is 5.36. The Morgan fingerprint density at radius 1 is 0.667 bits per heavy atom. The van der Waals surface area contributed by atoms with E-state index in [0.29, 0.717) is 0 Å². The van der Waals surface area contributed by atoms with Crippen molar-refractivity contribution in [1.82, 2.24) is 0 Å². The third kappa shape index (κ3) is 4.88. The predicted molar refractivity (Wildman–Crippen MR) is 105 cm³/mol. The molecule has 0 nitrogen and oxygen atoms in total. The zero-order valence-electron chi connectivity index (χ0n) is 16.0. The Labute approximate surface area is 159 Å². The summed E-state index contributed by atoms with van der Waals surface area (Å²) in [4.78, 5) is 0. The van der Waals surface area contributed by atoms with Crippen LogP contribution >= 0.6 is 0 Å². The quantitative estimate of drug-likeness (QED) is 0.402. The van der Waals surface area contributed by atoms with Gasteiger partial charge in [-0.2, -0.15) is 0 Å². The molecule has 3 aromatic rings. The first-order chi connectivity index (χ1) is 10.9. The van der Waals surface area contributed by atoms with E-state index in [1.165, 1.54) is 39.1 Å². The molecule has 3 rings (SSSR count). The van der Waals surface area contributed by atoms with Gasteiger partial charge in [0.25, 0.3) is 0 Å². The SMILES string of the molecule is CCC.CCc1ccc2cc3cc(C(C)(C)C)ccc3cc2c1.[V]. The standard InChI is InChI=1S/C20H22.C3H8.V/c1-5-14-6-7-15-12-18-13-19(20(2,3)4)9-8-16(18)11-17(15)10-14;1-3-2;/h6-13H,5H2,1-4H3;3H2,1-2H3;. The van der Waals surface area contributed by atoms with Gasteiger partial charge in [0, 0.05) is 18.6 Å². The molecular weight excluding hydrogens is 327 g/mol. The number of benzene rings is 3. The van der Waals surface area contributed by atoms with Crippen LogP contribution in [0.4, 0.5) is 0 Å². The van der Waals surface area contributed by atoms with Crippen molar-refractivity contribution in [2.24, 2.45) is 0 Å². The van der Waals surface area contributed by atoms with Crippen molar-refractivity contribution in [2.75, 3.05) is 0 Å². The van der Waals surface area contributed by atoms with E-state index in [0.717, 1.165) is 6.42 Å². The molecule has 0 N–H and O–H groups in total. The fraction of sp³-hybridized carbons (Fsp3) is 0.391. The van der Waals surface area contributed by atoms with Crippen molar-refractivity contribution in [3.8, 4) is 0 Å². The van der Waals surface area contributed by atoms with Crippen LogP contribution in [0, 0.1) is 0 Å². The van der Waals surface area contributed by atoms with Crippen molar-refractivity contribution in [3.63, 3.8) is 0 Å². The maximum Gasteiger partial charge on any atom is 0 e. The van der Waals surface area contributed by atoms with E-state index in [1.54, 1.807) is 0 Å². The molecule has 3 aromatic carbocycles. The van der Waals surface area contributed by atoms with E-state index in [-0.39, 0.29) is 24.0 Å². The molecule has 0 aromatic heterocycles. The Kier molecular flexibility index (Phi) is 7.58. The van der Waals surface area contributed by atoms with Gasteiger partial charge in [-0.05, 0) is 56.6 Å². The normalized spacial score (nSPS) is 10.9. The number of aryl methyl sites for hydroxylation is 1. The van der Waals surface area contributed by atoms with Crippen molar-refractivity contribution >= 4 is 21.5 Å². The molecule has 0 amide bonds. The first kappa shape index (κ1) is 20.8. The second kappa shape index (κ2) is 8.74. The summed E-state index contributed by atoms with van der Waals surface area (Å²) in [6.45, 7) is 13.3. The van der Waals surface area contributed by atoms with Gasteiger partial charge in [-0.25, -0.2) is 0 Å². The van der Waals surface area contributed by atoms with E-state index in [2.05, 4.69) is 90.1 Å². The summed E-state index contributed by atoms with van der Waals surface area (Å²) in [7, 11) is 0. The predicted octanol–water partition coefficient (Wildman–Crippen LogP) is 7.27. The van der Waals surface area contributed by atoms with Crippen LogP contribution in [0.2, 0.25) is 0 Å². The van der Waals surface area contributed by atoms with Gasteiger partial charge in [0.15, 0.2) is 0 Å². The number of rotatable bonds is 1. The molecule has 0 spiro atoms. The molecule has 0 bridgehead atoms. The van der Waals surface area contributed by atoms with Crippen LogP contribution in [-0.2, 0) is 30.4 Å². The average molecular weight is 357 g/mol. The summed E-state index contributed by atoms with van der Waals surface area (Å²) in [5.74, 6) is 0. The largest absolute Gasteiger partial charge is 0.0656 e. The zero-order valence-corrected chi connectivity index (χ0v) is 17.4. The van der Waals surface area contributed by atoms with Crippen molar-refractivity contribution < 1.29 is 18.6 Å². The minimum Gasteiger partial charge on any atom is -0.0656 e. The Morgan fingerprint density at radius 2 is 1.17 bits per heavy atom. The fourth-order valence-electron chi connectivity index (χ4n) is 2.73. The minimum absolute atomic E-state index is 0. The third-order valence-electron chi connectivity index (χ3n) is 4.13. The first-order valence-corrected chi connectivity index (χ1v) is 8.86. The maximum absolute atomic E-state index is 2.34. The molecule has 0 unspecified atom stereocenters. The molecule has 0 saturated carbocycles. The van der Waals surface area contributed by atoms with Crippen molar-refractivity contribution in [3.05, 3.63) is 59.7 Å². The first-order valence-electron chi connectivity index (χ1n) is 8.86. The molecule has 0 fully saturated rings. The van der Waals surface area contributed by atoms with E-state index < -0.39 is 0 Å². The van der Waals surface area contributed by atoms with Crippen molar-refractivity contribution in [1.29, 1.82) is 0 Å². The molecule has 0 aliphatic rings. The summed E-state index contributed by atoms with van der Waals surface area (Å²) in [5.41, 5.74) is 3.01. The average Bonchev–Trinajstić information content (AvgIpc) is 2.51. The second-order valence-corrected chi connectivity index (χ2v) is 7.41. The summed E-state index contributed by atoms with van der Waals surface area (Å²) in [6, 6.07) is 18.3. The molecule has 0 atom stereocenters. The van der Waals surface area contributed by atoms with Gasteiger partial charge in [0.05, 0.1) is 0 Å². The van der Waals surface area contributed by atoms with Crippen LogP contribution in [0.3, 0.4) is 0 Å². The van der Waals surface area contributed by atoms with Gasteiger partial charge in [-0.1, -0.05) is 84.4 Å². The Morgan fingerprint density at radius 3 is 1.67 bits per heavy atom. The molecule has 0 heterocycles. The molecule has 127 valence electrons. The molecular formula is C23H30V. The number of hydrogen-bond donors (Lipinski definition) is 0. The second-order valence-electron chi connectivity index (χ2n) is 7.41. The monoisotopic (exact) mass is 357 g/mol. The van der Waals surface area contributed by atoms with Gasteiger partial charge in [-0.15, -0.1) is 0 Å². The molecule has 0 aliphatic heterocycles. The van der Waals surface area contributed by atoms with E-state index in [1.807, 2.05) is 0 Å². The summed E-state index contributed by atoms with van der Waals surface area (Å²) in [6.07, 6.45) is 2.34. The summed E-state index contributed by atoms with van der Waals surface area (Å²) < 4.78 is 0. The molecule has 1 heteroatoms. The van der Waals surface area contributed by atoms with Gasteiger partial charge >= 0.3 is 0 Å². The van der Waals surface area contributed by atoms with Crippen LogP contribution < -0.4 is 0 Å². The van der Waals surface area contributed by atoms with Crippen LogP contribution in [0.5, 0.6) is 0 Å². The molecule has 24 heavy (non-hydrogen) atoms. The van der Waals surface area contributed by atoms with Crippen molar-refractivity contribution in [2.45, 2.75) is 59.8 Å². The molecule has 0 saturated heterocycles. The van der Waals surface area contributed by atoms with Gasteiger partial charge in [0.1, 0.15) is 0 Å². The smallest absolute Gasteiger partial charge is 0 e. The molecule has 0 aliphatic carbocycles. The number of hydrogen-bond acceptors (Lipinski definition) is 0. The Hall–Kier alpha value is -1.24. The summed E-state index contributed by atoms with van der Waals surface area (Å²) >= 11 is 0. The topological polar surface area (TPSA) is 0 Å². The van der Waals surface area contributed by atoms with Gasteiger partial charge in [-0.3, -0.25) is 0 Å². The van der Waals surface area contributed by atoms with E-state index in [9.17, 15) is 0 Å². The molecule has 1 radical (unpaired) electrons. The van der Waals surface area contributed by atoms with Crippen LogP contribution in [0.15, 0.2) is 48.5 Å². The third-order valence-corrected chi connectivity index (χ3v) is 4.13. The fourth-order valence-corrected chi connectivity index (χ4v) is 2.73. The minimum atomic E-state index is 0. The van der Waals surface area contributed by atoms with Crippen LogP contribution in [-0.4, -0.2) is 0 Å². The zero-order chi connectivity index (χ0) is 17.0. The van der Waals surface area contributed by atoms with E-state index in [4.69, 9.17) is 0 Å². The van der Waals surface area contributed by atoms with E-state index >= 15 is 0 Å². The Balaban J connectivity index is 0.000000671. The van der Waals surface area contributed by atoms with Crippen LogP contribution in [0.1, 0.15) is 59.1 Å². The Bertz CT molecular complexity index is 794. The van der Waals surface area contributed by atoms with Crippen LogP contribution in [0.25, 0.3) is 21.5 Å². The maximum atomic E-state index is 2.34. The number of fused-ring (bicyclic) bond motifs is 2. The van der Waals surface area contributed by atoms with Gasteiger partial charge in [0.2, 0.25) is 0 Å². The van der Waals surface area contributed by atoms with Gasteiger partial charge < -0.3 is 0 Å².